The average Bonchev–Trinajstić information content (AvgIpc) is 3.34. The zero-order chi connectivity index (χ0) is 19.3. The van der Waals surface area contributed by atoms with Crippen molar-refractivity contribution in [1.82, 2.24) is 14.1 Å². The molecule has 7 heteroatoms. The van der Waals surface area contributed by atoms with Crippen molar-refractivity contribution >= 4 is 40.2 Å². The first-order valence-corrected chi connectivity index (χ1v) is 10.5. The van der Waals surface area contributed by atoms with Crippen molar-refractivity contribution < 1.29 is 0 Å². The Balaban J connectivity index is 1.69. The number of aromatic nitrogens is 3. The van der Waals surface area contributed by atoms with Crippen LogP contribution in [0, 0.1) is 0 Å². The average molecular weight is 429 g/mol. The first-order chi connectivity index (χ1) is 13.7. The summed E-state index contributed by atoms with van der Waals surface area (Å²) in [5, 5.41) is 3.57. The number of aryl methyl sites for hydroxylation is 1. The van der Waals surface area contributed by atoms with Gasteiger partial charge in [0.05, 0.1) is 17.7 Å². The third-order valence-corrected chi connectivity index (χ3v) is 5.68. The van der Waals surface area contributed by atoms with Crippen molar-refractivity contribution in [2.75, 3.05) is 0 Å². The van der Waals surface area contributed by atoms with E-state index in [-0.39, 0.29) is 0 Å². The number of thiazole rings is 1. The molecule has 2 aromatic heterocycles. The molecule has 0 radical (unpaired) electrons. The Bertz CT molecular complexity index is 1110. The largest absolute Gasteiger partial charge is 0.337 e. The van der Waals surface area contributed by atoms with E-state index in [1.54, 1.807) is 17.5 Å². The molecule has 0 N–H and O–H groups in total. The molecule has 4 rings (SSSR count). The summed E-state index contributed by atoms with van der Waals surface area (Å²) in [7, 11) is 0. The van der Waals surface area contributed by atoms with Gasteiger partial charge in [-0.2, -0.15) is 0 Å². The third kappa shape index (κ3) is 4.55. The van der Waals surface area contributed by atoms with Crippen LogP contribution < -0.4 is 4.80 Å². The summed E-state index contributed by atoms with van der Waals surface area (Å²) in [6.07, 6.45) is 6.59. The molecule has 0 aliphatic carbocycles. The van der Waals surface area contributed by atoms with Gasteiger partial charge in [0.2, 0.25) is 0 Å². The van der Waals surface area contributed by atoms with Crippen LogP contribution >= 0.6 is 34.5 Å². The quantitative estimate of drug-likeness (QED) is 0.368. The molecular weight excluding hydrogens is 411 g/mol. The molecule has 2 heterocycles. The normalized spacial score (nSPS) is 11.9. The lowest BCUT2D eigenvalue weighted by Crippen LogP contribution is -2.17. The van der Waals surface area contributed by atoms with Crippen LogP contribution in [-0.2, 0) is 13.1 Å². The van der Waals surface area contributed by atoms with E-state index in [1.165, 1.54) is 0 Å². The highest BCUT2D eigenvalue weighted by Crippen LogP contribution is 2.24. The van der Waals surface area contributed by atoms with E-state index >= 15 is 0 Å². The fourth-order valence-corrected chi connectivity index (χ4v) is 4.24. The zero-order valence-electron chi connectivity index (χ0n) is 15.0. The molecule has 28 heavy (non-hydrogen) atoms. The highest BCUT2D eigenvalue weighted by molar-refractivity contribution is 7.07. The van der Waals surface area contributed by atoms with Gasteiger partial charge in [0.1, 0.15) is 0 Å². The van der Waals surface area contributed by atoms with Crippen LogP contribution in [0.3, 0.4) is 0 Å². The maximum absolute atomic E-state index is 6.22. The van der Waals surface area contributed by atoms with E-state index in [9.17, 15) is 0 Å². The van der Waals surface area contributed by atoms with Crippen LogP contribution in [0.4, 0.5) is 5.69 Å². The van der Waals surface area contributed by atoms with Crippen molar-refractivity contribution in [2.24, 2.45) is 4.99 Å². The minimum absolute atomic E-state index is 0.706. The van der Waals surface area contributed by atoms with Gasteiger partial charge in [-0.1, -0.05) is 35.3 Å². The second-order valence-corrected chi connectivity index (χ2v) is 8.02. The maximum atomic E-state index is 6.22. The van der Waals surface area contributed by atoms with Gasteiger partial charge in [0.25, 0.3) is 0 Å². The molecule has 0 spiro atoms. The summed E-state index contributed by atoms with van der Waals surface area (Å²) in [6.45, 7) is 1.74. The van der Waals surface area contributed by atoms with Gasteiger partial charge in [0, 0.05) is 46.5 Å². The predicted octanol–water partition coefficient (Wildman–Crippen LogP) is 6.04. The topological polar surface area (TPSA) is 35.1 Å². The van der Waals surface area contributed by atoms with Crippen LogP contribution in [0.15, 0.2) is 77.6 Å². The molecule has 0 fully saturated rings. The Kier molecular flexibility index (Phi) is 5.95. The molecule has 0 amide bonds. The number of benzene rings is 2. The highest BCUT2D eigenvalue weighted by Gasteiger charge is 2.09. The van der Waals surface area contributed by atoms with Crippen LogP contribution in [0.1, 0.15) is 6.42 Å². The van der Waals surface area contributed by atoms with Crippen LogP contribution in [-0.4, -0.2) is 14.1 Å². The lowest BCUT2D eigenvalue weighted by Gasteiger charge is -2.10. The van der Waals surface area contributed by atoms with Gasteiger partial charge in [-0.25, -0.2) is 9.98 Å². The molecule has 0 saturated heterocycles. The highest BCUT2D eigenvalue weighted by atomic mass is 35.5. The van der Waals surface area contributed by atoms with Crippen molar-refractivity contribution in [3.63, 3.8) is 0 Å². The molecular formula is C21H18Cl2N4S. The minimum atomic E-state index is 0.706. The van der Waals surface area contributed by atoms with Crippen LogP contribution in [0.2, 0.25) is 10.0 Å². The Morgan fingerprint density at radius 2 is 1.86 bits per heavy atom. The van der Waals surface area contributed by atoms with Gasteiger partial charge in [-0.3, -0.25) is 0 Å². The molecule has 4 aromatic rings. The van der Waals surface area contributed by atoms with Crippen molar-refractivity contribution in [1.29, 1.82) is 0 Å². The lowest BCUT2D eigenvalue weighted by molar-refractivity contribution is 0.559. The molecule has 2 aromatic carbocycles. The monoisotopic (exact) mass is 428 g/mol. The fraction of sp³-hybridized carbons (Fsp3) is 0.143. The van der Waals surface area contributed by atoms with Gasteiger partial charge >= 0.3 is 0 Å². The smallest absolute Gasteiger partial charge is 0.190 e. The van der Waals surface area contributed by atoms with Crippen molar-refractivity contribution in [2.45, 2.75) is 19.5 Å². The van der Waals surface area contributed by atoms with Gasteiger partial charge in [-0.15, -0.1) is 11.3 Å². The van der Waals surface area contributed by atoms with Crippen LogP contribution in [0.25, 0.3) is 11.3 Å². The number of imidazole rings is 1. The lowest BCUT2D eigenvalue weighted by atomic mass is 10.2. The molecule has 0 unspecified atom stereocenters. The minimum Gasteiger partial charge on any atom is -0.337 e. The number of rotatable bonds is 6. The van der Waals surface area contributed by atoms with E-state index in [2.05, 4.69) is 25.6 Å². The van der Waals surface area contributed by atoms with Crippen molar-refractivity contribution in [3.05, 3.63) is 87.5 Å². The van der Waals surface area contributed by atoms with Gasteiger partial charge in [0.15, 0.2) is 4.80 Å². The SMILES string of the molecule is Clc1ccc(N=c2scc(-c3cccc(Cl)c3)n2CCCn2ccnc2)cc1. The van der Waals surface area contributed by atoms with Crippen LogP contribution in [0.5, 0.6) is 0 Å². The number of hydrogen-bond donors (Lipinski definition) is 0. The maximum Gasteiger partial charge on any atom is 0.190 e. The Labute approximate surface area is 177 Å². The summed E-state index contributed by atoms with van der Waals surface area (Å²) in [5.74, 6) is 0. The van der Waals surface area contributed by atoms with E-state index in [4.69, 9.17) is 28.2 Å². The molecule has 4 nitrogen and oxygen atoms in total. The predicted molar refractivity (Wildman–Crippen MR) is 116 cm³/mol. The summed E-state index contributed by atoms with van der Waals surface area (Å²) >= 11 is 13.8. The van der Waals surface area contributed by atoms with E-state index in [1.807, 2.05) is 55.0 Å². The van der Waals surface area contributed by atoms with Gasteiger partial charge < -0.3 is 9.13 Å². The van der Waals surface area contributed by atoms with Gasteiger partial charge in [-0.05, 0) is 42.8 Å². The summed E-state index contributed by atoms with van der Waals surface area (Å²) in [5.41, 5.74) is 3.09. The Morgan fingerprint density at radius 3 is 2.61 bits per heavy atom. The van der Waals surface area contributed by atoms with Crippen molar-refractivity contribution in [3.8, 4) is 11.3 Å². The third-order valence-electron chi connectivity index (χ3n) is 4.33. The molecule has 142 valence electrons. The standard InChI is InChI=1S/C21H18Cl2N4S/c22-17-5-7-19(8-6-17)25-21-27(11-2-10-26-12-9-24-15-26)20(14-28-21)16-3-1-4-18(23)13-16/h1,3-9,12-15H,2,10-11H2. The van der Waals surface area contributed by atoms with E-state index in [0.29, 0.717) is 5.02 Å². The van der Waals surface area contributed by atoms with E-state index < -0.39 is 0 Å². The molecule has 0 aliphatic rings. The molecule has 0 bridgehead atoms. The fourth-order valence-electron chi connectivity index (χ4n) is 2.97. The second kappa shape index (κ2) is 8.78. The zero-order valence-corrected chi connectivity index (χ0v) is 17.3. The molecule has 0 atom stereocenters. The van der Waals surface area contributed by atoms with E-state index in [0.717, 1.165) is 46.3 Å². The first-order valence-electron chi connectivity index (χ1n) is 8.89. The number of nitrogens with zero attached hydrogens (tertiary/aromatic N) is 4. The Morgan fingerprint density at radius 1 is 1.00 bits per heavy atom. The molecule has 0 saturated carbocycles. The summed E-state index contributed by atoms with van der Waals surface area (Å²) in [4.78, 5) is 9.89. The Hall–Kier alpha value is -2.34. The first kappa shape index (κ1) is 19.0. The summed E-state index contributed by atoms with van der Waals surface area (Å²) in [6, 6.07) is 15.5. The second-order valence-electron chi connectivity index (χ2n) is 6.31. The summed E-state index contributed by atoms with van der Waals surface area (Å²) < 4.78 is 4.34. The number of hydrogen-bond acceptors (Lipinski definition) is 3. The molecule has 0 aliphatic heterocycles. The number of halogens is 2.